The first-order valence-electron chi connectivity index (χ1n) is 6.41. The molecule has 1 N–H and O–H groups in total. The summed E-state index contributed by atoms with van der Waals surface area (Å²) in [5.41, 5.74) is -0.567. The van der Waals surface area contributed by atoms with Crippen LogP contribution in [0.15, 0.2) is 23.1 Å². The topological polar surface area (TPSA) is 89.3 Å². The Morgan fingerprint density at radius 3 is 2.43 bits per heavy atom. The van der Waals surface area contributed by atoms with E-state index in [0.29, 0.717) is 0 Å². The third kappa shape index (κ3) is 4.39. The Kier molecular flexibility index (Phi) is 5.35. The van der Waals surface area contributed by atoms with Gasteiger partial charge in [-0.15, -0.1) is 0 Å². The summed E-state index contributed by atoms with van der Waals surface area (Å²) in [4.78, 5) is 9.81. The highest BCUT2D eigenvalue weighted by Crippen LogP contribution is 2.28. The number of benzene rings is 1. The first kappa shape index (κ1) is 17.9. The van der Waals surface area contributed by atoms with Gasteiger partial charge in [0.15, 0.2) is 0 Å². The molecule has 0 saturated carbocycles. The lowest BCUT2D eigenvalue weighted by atomic mass is 9.81. The zero-order chi connectivity index (χ0) is 16.4. The van der Waals surface area contributed by atoms with Crippen LogP contribution in [0, 0.1) is 21.4 Å². The third-order valence-electron chi connectivity index (χ3n) is 3.70. The molecule has 1 rings (SSSR count). The highest BCUT2D eigenvalue weighted by Gasteiger charge is 2.27. The summed E-state index contributed by atoms with van der Waals surface area (Å²) < 4.78 is 27.0. The first-order valence-corrected chi connectivity index (χ1v) is 8.27. The summed E-state index contributed by atoms with van der Waals surface area (Å²) in [5, 5.41) is 10.7. The van der Waals surface area contributed by atoms with Crippen molar-refractivity contribution in [1.82, 2.24) is 4.72 Å². The summed E-state index contributed by atoms with van der Waals surface area (Å²) in [7, 11) is -3.90. The molecule has 0 bridgehead atoms. The molecule has 0 heterocycles. The summed E-state index contributed by atoms with van der Waals surface area (Å²) in [6, 6.07) is 3.34. The van der Waals surface area contributed by atoms with Crippen molar-refractivity contribution in [3.8, 4) is 0 Å². The molecule has 6 nitrogen and oxygen atoms in total. The quantitative estimate of drug-likeness (QED) is 0.639. The number of non-ortho nitro benzene ring substituents is 1. The largest absolute Gasteiger partial charge is 0.270 e. The molecule has 0 spiro atoms. The number of halogens is 1. The molecule has 0 unspecified atom stereocenters. The van der Waals surface area contributed by atoms with E-state index in [2.05, 4.69) is 4.72 Å². The Labute approximate surface area is 129 Å². The summed E-state index contributed by atoms with van der Waals surface area (Å²) >= 11 is 5.86. The zero-order valence-corrected chi connectivity index (χ0v) is 14.0. The van der Waals surface area contributed by atoms with Crippen molar-refractivity contribution < 1.29 is 13.3 Å². The Balaban J connectivity index is 3.09. The second-order valence-electron chi connectivity index (χ2n) is 5.84. The van der Waals surface area contributed by atoms with Crippen molar-refractivity contribution in [2.45, 2.75) is 32.6 Å². The smallest absolute Gasteiger partial charge is 0.258 e. The SMILES string of the molecule is CC(C)C(C)(C)CNS(=O)(=O)c1cc([N+](=O)[O-])ccc1Cl. The van der Waals surface area contributed by atoms with Gasteiger partial charge < -0.3 is 0 Å². The van der Waals surface area contributed by atoms with Crippen LogP contribution in [-0.2, 0) is 10.0 Å². The fourth-order valence-electron chi connectivity index (χ4n) is 1.37. The number of hydrogen-bond donors (Lipinski definition) is 1. The average molecular weight is 335 g/mol. The summed E-state index contributed by atoms with van der Waals surface area (Å²) in [6.45, 7) is 8.08. The highest BCUT2D eigenvalue weighted by molar-refractivity contribution is 7.89. The van der Waals surface area contributed by atoms with E-state index in [1.54, 1.807) is 0 Å². The van der Waals surface area contributed by atoms with Gasteiger partial charge in [0.05, 0.1) is 9.95 Å². The van der Waals surface area contributed by atoms with Crippen molar-refractivity contribution in [3.05, 3.63) is 33.3 Å². The van der Waals surface area contributed by atoms with Crippen LogP contribution in [-0.4, -0.2) is 19.9 Å². The average Bonchev–Trinajstić information content (AvgIpc) is 2.36. The van der Waals surface area contributed by atoms with Gasteiger partial charge in [0.1, 0.15) is 4.90 Å². The number of nitrogens with zero attached hydrogens (tertiary/aromatic N) is 1. The van der Waals surface area contributed by atoms with E-state index in [-0.39, 0.29) is 33.5 Å². The Hall–Kier alpha value is -1.18. The lowest BCUT2D eigenvalue weighted by Crippen LogP contribution is -2.37. The third-order valence-corrected chi connectivity index (χ3v) is 5.58. The van der Waals surface area contributed by atoms with Crippen LogP contribution in [0.1, 0.15) is 27.7 Å². The molecule has 0 saturated heterocycles. The molecule has 0 amide bonds. The number of hydrogen-bond acceptors (Lipinski definition) is 4. The molecule has 21 heavy (non-hydrogen) atoms. The molecule has 0 fully saturated rings. The van der Waals surface area contributed by atoms with Gasteiger partial charge in [-0.25, -0.2) is 13.1 Å². The monoisotopic (exact) mass is 334 g/mol. The van der Waals surface area contributed by atoms with Gasteiger partial charge in [0.25, 0.3) is 5.69 Å². The number of nitro benzene ring substituents is 1. The van der Waals surface area contributed by atoms with Crippen molar-refractivity contribution in [1.29, 1.82) is 0 Å². The molecule has 0 aromatic heterocycles. The lowest BCUT2D eigenvalue weighted by Gasteiger charge is -2.29. The van der Waals surface area contributed by atoms with Crippen molar-refractivity contribution in [2.24, 2.45) is 11.3 Å². The number of rotatable bonds is 6. The first-order chi connectivity index (χ1) is 9.47. The van der Waals surface area contributed by atoms with Gasteiger partial charge in [-0.2, -0.15) is 0 Å². The minimum atomic E-state index is -3.90. The highest BCUT2D eigenvalue weighted by atomic mass is 35.5. The maximum Gasteiger partial charge on any atom is 0.270 e. The van der Waals surface area contributed by atoms with E-state index < -0.39 is 14.9 Å². The minimum absolute atomic E-state index is 0.0459. The molecule has 118 valence electrons. The number of nitrogens with one attached hydrogen (secondary N) is 1. The Morgan fingerprint density at radius 1 is 1.38 bits per heavy atom. The lowest BCUT2D eigenvalue weighted by molar-refractivity contribution is -0.385. The van der Waals surface area contributed by atoms with Gasteiger partial charge >= 0.3 is 0 Å². The van der Waals surface area contributed by atoms with Gasteiger partial charge in [-0.05, 0) is 17.4 Å². The Morgan fingerprint density at radius 2 is 1.95 bits per heavy atom. The number of nitro groups is 1. The molecule has 0 aliphatic heterocycles. The van der Waals surface area contributed by atoms with E-state index in [1.165, 1.54) is 12.1 Å². The van der Waals surface area contributed by atoms with Crippen LogP contribution in [0.3, 0.4) is 0 Å². The summed E-state index contributed by atoms with van der Waals surface area (Å²) in [6.07, 6.45) is 0. The maximum absolute atomic E-state index is 12.3. The standard InChI is InChI=1S/C13H19ClN2O4S/c1-9(2)13(3,4)8-15-21(19,20)12-7-10(16(17)18)5-6-11(12)14/h5-7,9,15H,8H2,1-4H3. The molecule has 0 aliphatic carbocycles. The van der Waals surface area contributed by atoms with Crippen molar-refractivity contribution in [3.63, 3.8) is 0 Å². The minimum Gasteiger partial charge on any atom is -0.258 e. The van der Waals surface area contributed by atoms with Crippen LogP contribution < -0.4 is 4.72 Å². The van der Waals surface area contributed by atoms with Crippen LogP contribution in [0.5, 0.6) is 0 Å². The van der Waals surface area contributed by atoms with Gasteiger partial charge in [-0.1, -0.05) is 39.3 Å². The molecule has 8 heteroatoms. The van der Waals surface area contributed by atoms with E-state index in [0.717, 1.165) is 6.07 Å². The van der Waals surface area contributed by atoms with Crippen molar-refractivity contribution in [2.75, 3.05) is 6.54 Å². The Bertz CT molecular complexity index is 642. The molecular formula is C13H19ClN2O4S. The molecular weight excluding hydrogens is 316 g/mol. The summed E-state index contributed by atoms with van der Waals surface area (Å²) in [5.74, 6) is 0.265. The van der Waals surface area contributed by atoms with Crippen LogP contribution >= 0.6 is 11.6 Å². The molecule has 1 aromatic rings. The van der Waals surface area contributed by atoms with Crippen LogP contribution in [0.25, 0.3) is 0 Å². The number of sulfonamides is 1. The van der Waals surface area contributed by atoms with Crippen LogP contribution in [0.2, 0.25) is 5.02 Å². The van der Waals surface area contributed by atoms with Gasteiger partial charge in [0.2, 0.25) is 10.0 Å². The fourth-order valence-corrected chi connectivity index (χ4v) is 3.11. The molecule has 0 aliphatic rings. The molecule has 1 aromatic carbocycles. The maximum atomic E-state index is 12.3. The molecule has 0 atom stereocenters. The predicted molar refractivity (Wildman–Crippen MR) is 81.9 cm³/mol. The van der Waals surface area contributed by atoms with Crippen molar-refractivity contribution >= 4 is 27.3 Å². The normalized spacial score (nSPS) is 12.7. The van der Waals surface area contributed by atoms with E-state index in [9.17, 15) is 18.5 Å². The fraction of sp³-hybridized carbons (Fsp3) is 0.538. The second-order valence-corrected chi connectivity index (χ2v) is 7.98. The van der Waals surface area contributed by atoms with Gasteiger partial charge in [-0.3, -0.25) is 10.1 Å². The molecule has 0 radical (unpaired) electrons. The zero-order valence-electron chi connectivity index (χ0n) is 12.4. The predicted octanol–water partition coefficient (Wildman–Crippen LogP) is 3.21. The second kappa shape index (κ2) is 6.29. The van der Waals surface area contributed by atoms with E-state index in [4.69, 9.17) is 11.6 Å². The van der Waals surface area contributed by atoms with Gasteiger partial charge in [0, 0.05) is 18.7 Å². The van der Waals surface area contributed by atoms with E-state index >= 15 is 0 Å². The van der Waals surface area contributed by atoms with Crippen LogP contribution in [0.4, 0.5) is 5.69 Å². The van der Waals surface area contributed by atoms with E-state index in [1.807, 2.05) is 27.7 Å².